The summed E-state index contributed by atoms with van der Waals surface area (Å²) in [5.41, 5.74) is 9.96. The number of aromatic nitrogens is 1. The van der Waals surface area contributed by atoms with Gasteiger partial charge in [0.15, 0.2) is 0 Å². The molecule has 3 rings (SSSR count). The molecule has 2 nitrogen and oxygen atoms in total. The van der Waals surface area contributed by atoms with Crippen molar-refractivity contribution < 1.29 is 0 Å². The van der Waals surface area contributed by atoms with Crippen LogP contribution in [-0.2, 0) is 0 Å². The fourth-order valence-electron chi connectivity index (χ4n) is 4.06. The lowest BCUT2D eigenvalue weighted by Crippen LogP contribution is -1.97. The van der Waals surface area contributed by atoms with E-state index < -0.39 is 0 Å². The zero-order valence-electron chi connectivity index (χ0n) is 21.4. The van der Waals surface area contributed by atoms with E-state index in [1.807, 2.05) is 18.4 Å². The van der Waals surface area contributed by atoms with Crippen molar-refractivity contribution in [3.8, 4) is 23.1 Å². The van der Waals surface area contributed by atoms with Crippen LogP contribution in [0.5, 0.6) is 0 Å². The molecule has 3 aromatic rings. The second-order valence-corrected chi connectivity index (χ2v) is 9.41. The van der Waals surface area contributed by atoms with Crippen molar-refractivity contribution in [2.24, 2.45) is 4.99 Å². The smallest absolute Gasteiger partial charge is 0.0820 e. The van der Waals surface area contributed by atoms with Crippen LogP contribution < -0.4 is 0 Å². The van der Waals surface area contributed by atoms with Crippen LogP contribution in [0.15, 0.2) is 66.2 Å². The van der Waals surface area contributed by atoms with Crippen LogP contribution in [0.3, 0.4) is 0 Å². The van der Waals surface area contributed by atoms with E-state index in [1.54, 1.807) is 0 Å². The summed E-state index contributed by atoms with van der Waals surface area (Å²) in [5.74, 6) is 7.40. The van der Waals surface area contributed by atoms with Gasteiger partial charge in [-0.2, -0.15) is 0 Å². The molecule has 0 amide bonds. The minimum atomic E-state index is 0.409. The maximum atomic E-state index is 4.95. The first-order valence-electron chi connectivity index (χ1n) is 12.2. The Bertz CT molecular complexity index is 1220. The first-order valence-corrected chi connectivity index (χ1v) is 12.2. The van der Waals surface area contributed by atoms with Crippen molar-refractivity contribution in [2.75, 3.05) is 0 Å². The minimum Gasteiger partial charge on any atom is -0.254 e. The van der Waals surface area contributed by atoms with Crippen molar-refractivity contribution in [3.63, 3.8) is 0 Å². The van der Waals surface area contributed by atoms with Gasteiger partial charge in [0, 0.05) is 17.5 Å². The lowest BCUT2D eigenvalue weighted by Gasteiger charge is -2.16. The van der Waals surface area contributed by atoms with E-state index >= 15 is 0 Å². The van der Waals surface area contributed by atoms with Crippen LogP contribution in [0, 0.1) is 25.7 Å². The van der Waals surface area contributed by atoms with Crippen LogP contribution in [0.2, 0.25) is 0 Å². The zero-order valence-corrected chi connectivity index (χ0v) is 21.4. The molecule has 1 heterocycles. The second kappa shape index (κ2) is 11.6. The largest absolute Gasteiger partial charge is 0.254 e. The number of rotatable bonds is 7. The van der Waals surface area contributed by atoms with E-state index in [1.165, 1.54) is 22.3 Å². The number of para-hydroxylation sites is 1. The number of pyridine rings is 1. The molecule has 0 saturated carbocycles. The Hall–Kier alpha value is -3.44. The molecular formula is C32H36N2. The van der Waals surface area contributed by atoms with Gasteiger partial charge in [0.1, 0.15) is 0 Å². The molecule has 0 aliphatic rings. The maximum Gasteiger partial charge on any atom is 0.0820 e. The van der Waals surface area contributed by atoms with Crippen molar-refractivity contribution in [1.82, 2.24) is 4.98 Å². The molecule has 1 aromatic heterocycles. The van der Waals surface area contributed by atoms with Gasteiger partial charge in [-0.05, 0) is 72.6 Å². The Kier molecular flexibility index (Phi) is 8.61. The van der Waals surface area contributed by atoms with E-state index in [4.69, 9.17) is 9.98 Å². The number of benzene rings is 2. The van der Waals surface area contributed by atoms with Crippen molar-refractivity contribution in [2.45, 2.75) is 66.2 Å². The monoisotopic (exact) mass is 448 g/mol. The van der Waals surface area contributed by atoms with Gasteiger partial charge in [-0.1, -0.05) is 75.9 Å². The maximum absolute atomic E-state index is 4.95. The minimum absolute atomic E-state index is 0.409. The third kappa shape index (κ3) is 6.12. The van der Waals surface area contributed by atoms with Gasteiger partial charge in [-0.3, -0.25) is 4.99 Å². The van der Waals surface area contributed by atoms with E-state index in [2.05, 4.69) is 102 Å². The molecule has 0 unspecified atom stereocenters. The molecule has 2 heteroatoms. The zero-order chi connectivity index (χ0) is 24.7. The SMILES string of the molecule is C=CCCC#Cc1cc(-c2cccc(C=Nc3c(C(C)C)cccc3C(C)C)n2)c(C)cc1C. The topological polar surface area (TPSA) is 25.2 Å². The summed E-state index contributed by atoms with van der Waals surface area (Å²) in [6.45, 7) is 16.9. The van der Waals surface area contributed by atoms with Crippen LogP contribution >= 0.6 is 0 Å². The molecule has 2 aromatic carbocycles. The summed E-state index contributed by atoms with van der Waals surface area (Å²) >= 11 is 0. The van der Waals surface area contributed by atoms with Gasteiger partial charge in [-0.15, -0.1) is 6.58 Å². The number of nitrogens with zero attached hydrogens (tertiary/aromatic N) is 2. The van der Waals surface area contributed by atoms with Gasteiger partial charge in [0.25, 0.3) is 0 Å². The highest BCUT2D eigenvalue weighted by molar-refractivity contribution is 5.82. The Morgan fingerprint density at radius 1 is 0.941 bits per heavy atom. The second-order valence-electron chi connectivity index (χ2n) is 9.41. The summed E-state index contributed by atoms with van der Waals surface area (Å²) in [7, 11) is 0. The average Bonchev–Trinajstić information content (AvgIpc) is 2.81. The van der Waals surface area contributed by atoms with Gasteiger partial charge in [0.2, 0.25) is 0 Å². The highest BCUT2D eigenvalue weighted by Crippen LogP contribution is 2.34. The summed E-state index contributed by atoms with van der Waals surface area (Å²) in [5, 5.41) is 0. The van der Waals surface area contributed by atoms with E-state index in [-0.39, 0.29) is 0 Å². The third-order valence-electron chi connectivity index (χ3n) is 5.98. The third-order valence-corrected chi connectivity index (χ3v) is 5.98. The van der Waals surface area contributed by atoms with Gasteiger partial charge >= 0.3 is 0 Å². The molecule has 0 aliphatic heterocycles. The number of aliphatic imine (C=N–C) groups is 1. The lowest BCUT2D eigenvalue weighted by atomic mass is 9.93. The number of allylic oxidation sites excluding steroid dienone is 1. The molecule has 0 aliphatic carbocycles. The molecule has 0 saturated heterocycles. The molecule has 0 atom stereocenters. The molecule has 0 spiro atoms. The summed E-state index contributed by atoms with van der Waals surface area (Å²) in [6, 6.07) is 17.0. The normalized spacial score (nSPS) is 11.2. The predicted molar refractivity (Wildman–Crippen MR) is 147 cm³/mol. The van der Waals surface area contributed by atoms with Crippen LogP contribution in [0.1, 0.15) is 85.9 Å². The first-order chi connectivity index (χ1) is 16.3. The fourth-order valence-corrected chi connectivity index (χ4v) is 4.06. The fraction of sp³-hybridized carbons (Fsp3) is 0.312. The predicted octanol–water partition coefficient (Wildman–Crippen LogP) is 8.68. The van der Waals surface area contributed by atoms with Crippen LogP contribution in [-0.4, -0.2) is 11.2 Å². The Balaban J connectivity index is 1.99. The molecular weight excluding hydrogens is 412 g/mol. The number of hydrogen-bond acceptors (Lipinski definition) is 2. The van der Waals surface area contributed by atoms with E-state index in [0.29, 0.717) is 11.8 Å². The van der Waals surface area contributed by atoms with Gasteiger partial charge in [0.05, 0.1) is 23.3 Å². The average molecular weight is 449 g/mol. The van der Waals surface area contributed by atoms with Crippen molar-refractivity contribution >= 4 is 11.9 Å². The molecule has 174 valence electrons. The number of unbranched alkanes of at least 4 members (excludes halogenated alkanes) is 1. The molecule has 0 bridgehead atoms. The van der Waals surface area contributed by atoms with Crippen LogP contribution in [0.25, 0.3) is 11.3 Å². The molecule has 0 fully saturated rings. The first kappa shape index (κ1) is 25.2. The standard InChI is InChI=1S/C32H36N2/c1-8-9-10-11-14-26-20-30(25(7)19-24(26)6)31-18-12-15-27(34-31)21-33-32-28(22(2)3)16-13-17-29(32)23(4)5/h8,12-13,15-23H,1,9-10H2,2-7H3. The van der Waals surface area contributed by atoms with E-state index in [0.717, 1.165) is 41.0 Å². The van der Waals surface area contributed by atoms with Crippen LogP contribution in [0.4, 0.5) is 5.69 Å². The van der Waals surface area contributed by atoms with Gasteiger partial charge in [-0.25, -0.2) is 4.98 Å². The Morgan fingerprint density at radius 3 is 2.26 bits per heavy atom. The van der Waals surface area contributed by atoms with Crippen molar-refractivity contribution in [3.05, 3.63) is 94.7 Å². The van der Waals surface area contributed by atoms with Crippen molar-refractivity contribution in [1.29, 1.82) is 0 Å². The molecule has 0 radical (unpaired) electrons. The summed E-state index contributed by atoms with van der Waals surface area (Å²) in [6.07, 6.45) is 5.54. The summed E-state index contributed by atoms with van der Waals surface area (Å²) < 4.78 is 0. The Morgan fingerprint density at radius 2 is 1.62 bits per heavy atom. The summed E-state index contributed by atoms with van der Waals surface area (Å²) in [4.78, 5) is 9.89. The number of hydrogen-bond donors (Lipinski definition) is 0. The van der Waals surface area contributed by atoms with Gasteiger partial charge < -0.3 is 0 Å². The molecule has 34 heavy (non-hydrogen) atoms. The highest BCUT2D eigenvalue weighted by Gasteiger charge is 2.13. The van der Waals surface area contributed by atoms with E-state index in [9.17, 15) is 0 Å². The number of aryl methyl sites for hydroxylation is 2. The Labute approximate surface area is 205 Å². The highest BCUT2D eigenvalue weighted by atomic mass is 14.8. The molecule has 0 N–H and O–H groups in total. The quantitative estimate of drug-likeness (QED) is 0.154. The lowest BCUT2D eigenvalue weighted by molar-refractivity contribution is 0.835.